The maximum atomic E-state index is 11.9. The highest BCUT2D eigenvalue weighted by molar-refractivity contribution is 5.95. The van der Waals surface area contributed by atoms with Crippen LogP contribution in [0.25, 0.3) is 0 Å². The number of hydrogen-bond donors (Lipinski definition) is 1. The number of methoxy groups -OCH3 is 1. The third-order valence-electron chi connectivity index (χ3n) is 2.66. The Bertz CT molecular complexity index is 463. The van der Waals surface area contributed by atoms with E-state index in [-0.39, 0.29) is 5.91 Å². The maximum Gasteiger partial charge on any atom is 0.241 e. The summed E-state index contributed by atoms with van der Waals surface area (Å²) >= 11 is 0. The van der Waals surface area contributed by atoms with E-state index in [0.717, 1.165) is 12.0 Å². The second-order valence-corrected chi connectivity index (χ2v) is 4.16. The van der Waals surface area contributed by atoms with Crippen molar-refractivity contribution >= 4 is 11.6 Å². The number of anilines is 1. The van der Waals surface area contributed by atoms with Crippen LogP contribution >= 0.6 is 0 Å². The smallest absolute Gasteiger partial charge is 0.241 e. The Labute approximate surface area is 108 Å². The van der Waals surface area contributed by atoms with Gasteiger partial charge in [0, 0.05) is 0 Å². The Balaban J connectivity index is 2.87. The lowest BCUT2D eigenvalue weighted by atomic mass is 10.0. The van der Waals surface area contributed by atoms with Gasteiger partial charge >= 0.3 is 0 Å². The Hall–Kier alpha value is -2.02. The maximum absolute atomic E-state index is 11.9. The molecule has 0 spiro atoms. The molecular formula is C14H18N2O2. The lowest BCUT2D eigenvalue weighted by Gasteiger charge is -2.13. The number of nitrogens with one attached hydrogen (secondary N) is 1. The molecule has 0 aliphatic rings. The Kier molecular flexibility index (Phi) is 5.19. The molecule has 4 heteroatoms. The topological polar surface area (TPSA) is 62.1 Å². The standard InChI is InChI=1S/C14H18N2O2/c1-4-5-11(9-15)14(17)16-12-8-10(2)6-7-13(12)18-3/h6-8,11H,4-5H2,1-3H3,(H,16,17). The van der Waals surface area contributed by atoms with Gasteiger partial charge in [-0.25, -0.2) is 0 Å². The molecule has 1 unspecified atom stereocenters. The lowest BCUT2D eigenvalue weighted by Crippen LogP contribution is -2.21. The molecule has 0 aromatic heterocycles. The quantitative estimate of drug-likeness (QED) is 0.868. The predicted octanol–water partition coefficient (Wildman–Crippen LogP) is 2.88. The number of rotatable bonds is 5. The van der Waals surface area contributed by atoms with Gasteiger partial charge in [0.15, 0.2) is 0 Å². The zero-order valence-electron chi connectivity index (χ0n) is 11.0. The van der Waals surface area contributed by atoms with Crippen molar-refractivity contribution in [2.45, 2.75) is 26.7 Å². The van der Waals surface area contributed by atoms with Crippen LogP contribution in [-0.2, 0) is 4.79 Å². The number of ether oxygens (including phenoxy) is 1. The van der Waals surface area contributed by atoms with Crippen LogP contribution in [0.2, 0.25) is 0 Å². The van der Waals surface area contributed by atoms with Crippen LogP contribution in [0, 0.1) is 24.2 Å². The van der Waals surface area contributed by atoms with Crippen molar-refractivity contribution < 1.29 is 9.53 Å². The average molecular weight is 246 g/mol. The third-order valence-corrected chi connectivity index (χ3v) is 2.66. The van der Waals surface area contributed by atoms with Crippen LogP contribution < -0.4 is 10.1 Å². The fourth-order valence-corrected chi connectivity index (χ4v) is 1.68. The summed E-state index contributed by atoms with van der Waals surface area (Å²) in [5.74, 6) is -0.286. The van der Waals surface area contributed by atoms with E-state index in [9.17, 15) is 4.79 Å². The first-order chi connectivity index (χ1) is 8.62. The van der Waals surface area contributed by atoms with Crippen LogP contribution in [-0.4, -0.2) is 13.0 Å². The van der Waals surface area contributed by atoms with Crippen molar-refractivity contribution in [3.8, 4) is 11.8 Å². The SMILES string of the molecule is CCCC(C#N)C(=O)Nc1cc(C)ccc1OC. The van der Waals surface area contributed by atoms with Crippen molar-refractivity contribution in [1.82, 2.24) is 0 Å². The highest BCUT2D eigenvalue weighted by Crippen LogP contribution is 2.26. The second kappa shape index (κ2) is 6.65. The van der Waals surface area contributed by atoms with Gasteiger partial charge in [0.05, 0.1) is 18.9 Å². The predicted molar refractivity (Wildman–Crippen MR) is 70.4 cm³/mol. The van der Waals surface area contributed by atoms with E-state index in [1.807, 2.05) is 32.0 Å². The highest BCUT2D eigenvalue weighted by Gasteiger charge is 2.18. The fraction of sp³-hybridized carbons (Fsp3) is 0.429. The molecule has 0 radical (unpaired) electrons. The first-order valence-corrected chi connectivity index (χ1v) is 5.97. The summed E-state index contributed by atoms with van der Waals surface area (Å²) in [4.78, 5) is 11.9. The number of carbonyl (C=O) groups is 1. The number of nitrogens with zero attached hydrogens (tertiary/aromatic N) is 1. The van der Waals surface area contributed by atoms with Crippen molar-refractivity contribution in [2.24, 2.45) is 5.92 Å². The molecule has 18 heavy (non-hydrogen) atoms. The van der Waals surface area contributed by atoms with Gasteiger partial charge in [-0.15, -0.1) is 0 Å². The van der Waals surface area contributed by atoms with Gasteiger partial charge in [0.2, 0.25) is 5.91 Å². The van der Waals surface area contributed by atoms with E-state index >= 15 is 0 Å². The summed E-state index contributed by atoms with van der Waals surface area (Å²) in [6, 6.07) is 7.56. The van der Waals surface area contributed by atoms with Gasteiger partial charge in [-0.3, -0.25) is 4.79 Å². The molecule has 1 atom stereocenters. The van der Waals surface area contributed by atoms with Crippen LogP contribution in [0.3, 0.4) is 0 Å². The molecular weight excluding hydrogens is 228 g/mol. The molecule has 4 nitrogen and oxygen atoms in total. The minimum Gasteiger partial charge on any atom is -0.495 e. The zero-order valence-corrected chi connectivity index (χ0v) is 11.0. The number of benzene rings is 1. The van der Waals surface area contributed by atoms with Crippen molar-refractivity contribution in [1.29, 1.82) is 5.26 Å². The minimum atomic E-state index is -0.611. The first kappa shape index (κ1) is 14.0. The molecule has 1 amide bonds. The van der Waals surface area contributed by atoms with Gasteiger partial charge in [-0.1, -0.05) is 19.4 Å². The zero-order chi connectivity index (χ0) is 13.5. The molecule has 0 bridgehead atoms. The number of amides is 1. The Morgan fingerprint density at radius 3 is 2.83 bits per heavy atom. The van der Waals surface area contributed by atoms with Gasteiger partial charge in [0.1, 0.15) is 11.7 Å². The first-order valence-electron chi connectivity index (χ1n) is 5.97. The van der Waals surface area contributed by atoms with Crippen LogP contribution in [0.1, 0.15) is 25.3 Å². The van der Waals surface area contributed by atoms with Gasteiger partial charge in [-0.05, 0) is 31.0 Å². The molecule has 1 aromatic carbocycles. The molecule has 1 N–H and O–H groups in total. The van der Waals surface area contributed by atoms with Gasteiger partial charge in [-0.2, -0.15) is 5.26 Å². The number of aryl methyl sites for hydroxylation is 1. The van der Waals surface area contributed by atoms with E-state index in [2.05, 4.69) is 5.32 Å². The Morgan fingerprint density at radius 2 is 2.28 bits per heavy atom. The van der Waals surface area contributed by atoms with E-state index in [4.69, 9.17) is 10.00 Å². The third kappa shape index (κ3) is 3.49. The molecule has 96 valence electrons. The van der Waals surface area contributed by atoms with E-state index < -0.39 is 5.92 Å². The van der Waals surface area contributed by atoms with E-state index in [1.54, 1.807) is 13.2 Å². The van der Waals surface area contributed by atoms with Crippen molar-refractivity contribution in [3.05, 3.63) is 23.8 Å². The van der Waals surface area contributed by atoms with Crippen LogP contribution in [0.5, 0.6) is 5.75 Å². The molecule has 0 heterocycles. The second-order valence-electron chi connectivity index (χ2n) is 4.16. The summed E-state index contributed by atoms with van der Waals surface area (Å²) in [7, 11) is 1.55. The van der Waals surface area contributed by atoms with Gasteiger partial charge in [0.25, 0.3) is 0 Å². The number of nitriles is 1. The van der Waals surface area contributed by atoms with Crippen molar-refractivity contribution in [2.75, 3.05) is 12.4 Å². The normalized spacial score (nSPS) is 11.4. The average Bonchev–Trinajstić information content (AvgIpc) is 2.36. The molecule has 1 rings (SSSR count). The summed E-state index contributed by atoms with van der Waals surface area (Å²) in [5.41, 5.74) is 1.63. The van der Waals surface area contributed by atoms with E-state index in [1.165, 1.54) is 0 Å². The number of carbonyl (C=O) groups excluding carboxylic acids is 1. The molecule has 0 aliphatic carbocycles. The van der Waals surface area contributed by atoms with Crippen LogP contribution in [0.15, 0.2) is 18.2 Å². The monoisotopic (exact) mass is 246 g/mol. The molecule has 0 saturated carbocycles. The number of hydrogen-bond acceptors (Lipinski definition) is 3. The summed E-state index contributed by atoms with van der Waals surface area (Å²) in [6.45, 7) is 3.88. The fourth-order valence-electron chi connectivity index (χ4n) is 1.68. The summed E-state index contributed by atoms with van der Waals surface area (Å²) in [5, 5.41) is 11.7. The van der Waals surface area contributed by atoms with E-state index in [0.29, 0.717) is 17.9 Å². The highest BCUT2D eigenvalue weighted by atomic mass is 16.5. The lowest BCUT2D eigenvalue weighted by molar-refractivity contribution is -0.118. The molecule has 0 aliphatic heterocycles. The van der Waals surface area contributed by atoms with Gasteiger partial charge < -0.3 is 10.1 Å². The largest absolute Gasteiger partial charge is 0.495 e. The molecule has 0 fully saturated rings. The Morgan fingerprint density at radius 1 is 1.56 bits per heavy atom. The molecule has 0 saturated heterocycles. The molecule has 1 aromatic rings. The minimum absolute atomic E-state index is 0.275. The van der Waals surface area contributed by atoms with Crippen molar-refractivity contribution in [3.63, 3.8) is 0 Å². The summed E-state index contributed by atoms with van der Waals surface area (Å²) in [6.07, 6.45) is 1.37. The van der Waals surface area contributed by atoms with Crippen LogP contribution in [0.4, 0.5) is 5.69 Å². The summed E-state index contributed by atoms with van der Waals surface area (Å²) < 4.78 is 5.18.